The van der Waals surface area contributed by atoms with Crippen LogP contribution >= 0.6 is 15.9 Å². The van der Waals surface area contributed by atoms with Crippen molar-refractivity contribution in [1.29, 1.82) is 0 Å². The Morgan fingerprint density at radius 2 is 1.76 bits per heavy atom. The highest BCUT2D eigenvalue weighted by molar-refractivity contribution is 9.10. The van der Waals surface area contributed by atoms with E-state index < -0.39 is 0 Å². The Morgan fingerprint density at radius 1 is 1.08 bits per heavy atom. The van der Waals surface area contributed by atoms with Crippen LogP contribution < -0.4 is 10.1 Å². The van der Waals surface area contributed by atoms with Gasteiger partial charge in [-0.05, 0) is 62.3 Å². The van der Waals surface area contributed by atoms with Crippen molar-refractivity contribution in [3.05, 3.63) is 59.1 Å². The number of amides is 1. The first-order chi connectivity index (χ1) is 12.2. The molecule has 1 aliphatic rings. The highest BCUT2D eigenvalue weighted by Gasteiger charge is 2.24. The second kappa shape index (κ2) is 9.02. The predicted molar refractivity (Wildman–Crippen MR) is 104 cm³/mol. The Hall–Kier alpha value is -1.85. The summed E-state index contributed by atoms with van der Waals surface area (Å²) in [7, 11) is 0. The van der Waals surface area contributed by atoms with Crippen molar-refractivity contribution in [2.24, 2.45) is 5.92 Å². The molecule has 0 aromatic heterocycles. The van der Waals surface area contributed by atoms with Gasteiger partial charge in [-0.3, -0.25) is 9.69 Å². The number of carbonyl (C=O) groups is 1. The largest absolute Gasteiger partial charge is 0.492 e. The van der Waals surface area contributed by atoms with Crippen molar-refractivity contribution in [2.45, 2.75) is 12.8 Å². The van der Waals surface area contributed by atoms with E-state index in [0.29, 0.717) is 6.61 Å². The molecule has 25 heavy (non-hydrogen) atoms. The molecule has 1 saturated heterocycles. The fourth-order valence-corrected chi connectivity index (χ4v) is 3.27. The minimum absolute atomic E-state index is 0.0925. The van der Waals surface area contributed by atoms with Crippen LogP contribution in [0.2, 0.25) is 0 Å². The topological polar surface area (TPSA) is 41.6 Å². The highest BCUT2D eigenvalue weighted by atomic mass is 79.9. The molecule has 1 heterocycles. The summed E-state index contributed by atoms with van der Waals surface area (Å²) in [6.45, 7) is 3.46. The SMILES string of the molecule is O=C(Nc1ccc(Br)cc1)C1CCN(CCOc2ccccc2)CC1. The van der Waals surface area contributed by atoms with Crippen LogP contribution in [0.5, 0.6) is 5.75 Å². The van der Waals surface area contributed by atoms with Gasteiger partial charge in [0.05, 0.1) is 0 Å². The van der Waals surface area contributed by atoms with Gasteiger partial charge in [0.15, 0.2) is 0 Å². The van der Waals surface area contributed by atoms with Gasteiger partial charge >= 0.3 is 0 Å². The van der Waals surface area contributed by atoms with Crippen LogP contribution in [0.1, 0.15) is 12.8 Å². The lowest BCUT2D eigenvalue weighted by Crippen LogP contribution is -2.39. The van der Waals surface area contributed by atoms with Crippen LogP contribution in [0.4, 0.5) is 5.69 Å². The van der Waals surface area contributed by atoms with Crippen molar-refractivity contribution in [3.8, 4) is 5.75 Å². The van der Waals surface area contributed by atoms with Gasteiger partial charge in [-0.15, -0.1) is 0 Å². The first kappa shape index (κ1) is 18.0. The Kier molecular flexibility index (Phi) is 6.48. The number of hydrogen-bond donors (Lipinski definition) is 1. The molecule has 2 aromatic rings. The van der Waals surface area contributed by atoms with E-state index in [1.807, 2.05) is 54.6 Å². The summed E-state index contributed by atoms with van der Waals surface area (Å²) in [5.41, 5.74) is 0.854. The zero-order valence-electron chi connectivity index (χ0n) is 14.2. The Balaban J connectivity index is 1.37. The van der Waals surface area contributed by atoms with Crippen LogP contribution in [-0.2, 0) is 4.79 Å². The van der Waals surface area contributed by atoms with Crippen LogP contribution in [0.3, 0.4) is 0 Å². The average Bonchev–Trinajstić information content (AvgIpc) is 2.65. The molecule has 0 atom stereocenters. The van der Waals surface area contributed by atoms with Gasteiger partial charge in [-0.1, -0.05) is 34.1 Å². The van der Waals surface area contributed by atoms with Gasteiger partial charge in [0.1, 0.15) is 12.4 Å². The lowest BCUT2D eigenvalue weighted by Gasteiger charge is -2.31. The minimum atomic E-state index is 0.0925. The minimum Gasteiger partial charge on any atom is -0.492 e. The van der Waals surface area contributed by atoms with Crippen molar-refractivity contribution in [3.63, 3.8) is 0 Å². The van der Waals surface area contributed by atoms with Crippen molar-refractivity contribution in [2.75, 3.05) is 31.6 Å². The lowest BCUT2D eigenvalue weighted by atomic mass is 9.96. The fourth-order valence-electron chi connectivity index (χ4n) is 3.01. The third-order valence-electron chi connectivity index (χ3n) is 4.49. The summed E-state index contributed by atoms with van der Waals surface area (Å²) in [6.07, 6.45) is 1.79. The number of benzene rings is 2. The number of para-hydroxylation sites is 1. The molecule has 0 radical (unpaired) electrons. The molecule has 0 bridgehead atoms. The molecule has 1 aliphatic heterocycles. The second-order valence-electron chi connectivity index (χ2n) is 6.27. The molecule has 1 amide bonds. The first-order valence-corrected chi connectivity index (χ1v) is 9.46. The number of likely N-dealkylation sites (tertiary alicyclic amines) is 1. The van der Waals surface area contributed by atoms with Crippen molar-refractivity contribution >= 4 is 27.5 Å². The molecule has 4 nitrogen and oxygen atoms in total. The molecule has 0 spiro atoms. The molecule has 0 saturated carbocycles. The number of hydrogen-bond acceptors (Lipinski definition) is 3. The van der Waals surface area contributed by atoms with E-state index in [9.17, 15) is 4.79 Å². The Labute approximate surface area is 157 Å². The monoisotopic (exact) mass is 402 g/mol. The lowest BCUT2D eigenvalue weighted by molar-refractivity contribution is -0.121. The standard InChI is InChI=1S/C20H23BrN2O2/c21-17-6-8-18(9-7-17)22-20(24)16-10-12-23(13-11-16)14-15-25-19-4-2-1-3-5-19/h1-9,16H,10-15H2,(H,22,24). The third-order valence-corrected chi connectivity index (χ3v) is 5.02. The predicted octanol–water partition coefficient (Wildman–Crippen LogP) is 4.18. The van der Waals surface area contributed by atoms with Crippen LogP contribution in [0, 0.1) is 5.92 Å². The Bertz CT molecular complexity index is 668. The summed E-state index contributed by atoms with van der Waals surface area (Å²) in [6, 6.07) is 17.6. The molecule has 0 aliphatic carbocycles. The summed E-state index contributed by atoms with van der Waals surface area (Å²) in [5, 5.41) is 3.02. The van der Waals surface area contributed by atoms with Crippen LogP contribution in [0.15, 0.2) is 59.1 Å². The maximum Gasteiger partial charge on any atom is 0.227 e. The molecule has 3 rings (SSSR count). The number of nitrogens with zero attached hydrogens (tertiary/aromatic N) is 1. The molecular weight excluding hydrogens is 380 g/mol. The number of piperidine rings is 1. The van der Waals surface area contributed by atoms with E-state index in [2.05, 4.69) is 26.1 Å². The first-order valence-electron chi connectivity index (χ1n) is 8.67. The van der Waals surface area contributed by atoms with Crippen LogP contribution in [-0.4, -0.2) is 37.0 Å². The zero-order chi connectivity index (χ0) is 17.5. The summed E-state index contributed by atoms with van der Waals surface area (Å²) in [4.78, 5) is 14.8. The third kappa shape index (κ3) is 5.58. The molecular formula is C20H23BrN2O2. The number of anilines is 1. The number of ether oxygens (including phenoxy) is 1. The number of halogens is 1. The zero-order valence-corrected chi connectivity index (χ0v) is 15.7. The van der Waals surface area contributed by atoms with E-state index in [0.717, 1.165) is 48.4 Å². The van der Waals surface area contributed by atoms with Gasteiger partial charge < -0.3 is 10.1 Å². The maximum atomic E-state index is 12.4. The van der Waals surface area contributed by atoms with Crippen LogP contribution in [0.25, 0.3) is 0 Å². The smallest absolute Gasteiger partial charge is 0.227 e. The molecule has 132 valence electrons. The van der Waals surface area contributed by atoms with E-state index in [1.54, 1.807) is 0 Å². The number of nitrogens with one attached hydrogen (secondary N) is 1. The number of carbonyl (C=O) groups excluding carboxylic acids is 1. The van der Waals surface area contributed by atoms with Crippen molar-refractivity contribution < 1.29 is 9.53 Å². The summed E-state index contributed by atoms with van der Waals surface area (Å²) in [5.74, 6) is 1.13. The van der Waals surface area contributed by atoms with E-state index in [4.69, 9.17) is 4.74 Å². The summed E-state index contributed by atoms with van der Waals surface area (Å²) < 4.78 is 6.76. The van der Waals surface area contributed by atoms with E-state index >= 15 is 0 Å². The van der Waals surface area contributed by atoms with Gasteiger partial charge in [0.25, 0.3) is 0 Å². The van der Waals surface area contributed by atoms with Gasteiger partial charge in [0.2, 0.25) is 5.91 Å². The van der Waals surface area contributed by atoms with E-state index in [-0.39, 0.29) is 11.8 Å². The molecule has 5 heteroatoms. The normalized spacial score (nSPS) is 15.7. The quantitative estimate of drug-likeness (QED) is 0.787. The number of rotatable bonds is 6. The average molecular weight is 403 g/mol. The molecule has 2 aromatic carbocycles. The molecule has 1 N–H and O–H groups in total. The van der Waals surface area contributed by atoms with Gasteiger partial charge in [0, 0.05) is 22.6 Å². The molecule has 0 unspecified atom stereocenters. The van der Waals surface area contributed by atoms with Gasteiger partial charge in [-0.2, -0.15) is 0 Å². The van der Waals surface area contributed by atoms with Gasteiger partial charge in [-0.25, -0.2) is 0 Å². The Morgan fingerprint density at radius 3 is 2.44 bits per heavy atom. The van der Waals surface area contributed by atoms with Crippen molar-refractivity contribution in [1.82, 2.24) is 4.90 Å². The fraction of sp³-hybridized carbons (Fsp3) is 0.350. The second-order valence-corrected chi connectivity index (χ2v) is 7.19. The summed E-state index contributed by atoms with van der Waals surface area (Å²) >= 11 is 3.40. The maximum absolute atomic E-state index is 12.4. The van der Waals surface area contributed by atoms with E-state index in [1.165, 1.54) is 0 Å². The molecule has 1 fully saturated rings. The highest BCUT2D eigenvalue weighted by Crippen LogP contribution is 2.20.